The number of nitrogens with one attached hydrogen (secondary N) is 1. The third-order valence-corrected chi connectivity index (χ3v) is 4.73. The fourth-order valence-electron chi connectivity index (χ4n) is 3.27. The maximum Gasteiger partial charge on any atom is 0.257 e. The molecule has 1 atom stereocenters. The zero-order chi connectivity index (χ0) is 19.1. The smallest absolute Gasteiger partial charge is 0.257 e. The van der Waals surface area contributed by atoms with E-state index < -0.39 is 0 Å². The predicted molar refractivity (Wildman–Crippen MR) is 102 cm³/mol. The van der Waals surface area contributed by atoms with Crippen LogP contribution < -0.4 is 10.1 Å². The number of rotatable bonds is 7. The summed E-state index contributed by atoms with van der Waals surface area (Å²) in [5, 5.41) is 2.97. The average Bonchev–Trinajstić information content (AvgIpc) is 3.22. The third kappa shape index (κ3) is 5.36. The van der Waals surface area contributed by atoms with Crippen molar-refractivity contribution in [2.45, 2.75) is 26.2 Å². The number of nitrogens with zero attached hydrogens (tertiary/aromatic N) is 1. The SMILES string of the molecule is Cc1cccc(OCCCNC(=O)C2CCCN(C(=O)c3ccoc3)C2)c1. The molecule has 3 rings (SSSR count). The summed E-state index contributed by atoms with van der Waals surface area (Å²) in [5.74, 6) is 0.623. The lowest BCUT2D eigenvalue weighted by Gasteiger charge is -2.31. The first kappa shape index (κ1) is 19.0. The second-order valence-electron chi connectivity index (χ2n) is 6.91. The molecular weight excluding hydrogens is 344 g/mol. The Morgan fingerprint density at radius 1 is 1.33 bits per heavy atom. The minimum Gasteiger partial charge on any atom is -0.494 e. The molecular formula is C21H26N2O4. The van der Waals surface area contributed by atoms with Gasteiger partial charge in [0.05, 0.1) is 24.4 Å². The number of hydrogen-bond donors (Lipinski definition) is 1. The van der Waals surface area contributed by atoms with Crippen molar-refractivity contribution in [2.75, 3.05) is 26.2 Å². The molecule has 2 aromatic rings. The van der Waals surface area contributed by atoms with Crippen LogP contribution in [0.15, 0.2) is 47.3 Å². The summed E-state index contributed by atoms with van der Waals surface area (Å²) in [6, 6.07) is 9.57. The van der Waals surface area contributed by atoms with Gasteiger partial charge in [-0.1, -0.05) is 12.1 Å². The molecule has 6 heteroatoms. The van der Waals surface area contributed by atoms with Gasteiger partial charge in [-0.05, 0) is 49.9 Å². The van der Waals surface area contributed by atoms with Crippen molar-refractivity contribution in [3.63, 3.8) is 0 Å². The molecule has 0 radical (unpaired) electrons. The Labute approximate surface area is 159 Å². The molecule has 1 fully saturated rings. The Morgan fingerprint density at radius 2 is 2.22 bits per heavy atom. The van der Waals surface area contributed by atoms with Gasteiger partial charge in [-0.2, -0.15) is 0 Å². The summed E-state index contributed by atoms with van der Waals surface area (Å²) >= 11 is 0. The van der Waals surface area contributed by atoms with Crippen LogP contribution in [-0.4, -0.2) is 43.0 Å². The standard InChI is InChI=1S/C21H26N2O4/c1-16-5-2-7-19(13-16)27-11-4-9-22-20(24)17-6-3-10-23(14-17)21(25)18-8-12-26-15-18/h2,5,7-8,12-13,15,17H,3-4,6,9-11,14H2,1H3,(H,22,24). The molecule has 1 saturated heterocycles. The number of piperidine rings is 1. The first-order valence-electron chi connectivity index (χ1n) is 9.42. The Kier molecular flexibility index (Phi) is 6.52. The van der Waals surface area contributed by atoms with E-state index in [1.54, 1.807) is 11.0 Å². The van der Waals surface area contributed by atoms with Gasteiger partial charge >= 0.3 is 0 Å². The monoisotopic (exact) mass is 370 g/mol. The molecule has 0 spiro atoms. The molecule has 1 aromatic heterocycles. The van der Waals surface area contributed by atoms with E-state index in [4.69, 9.17) is 9.15 Å². The van der Waals surface area contributed by atoms with Crippen LogP contribution in [0, 0.1) is 12.8 Å². The minimum atomic E-state index is -0.160. The maximum atomic E-state index is 12.4. The van der Waals surface area contributed by atoms with Crippen molar-refractivity contribution < 1.29 is 18.7 Å². The van der Waals surface area contributed by atoms with E-state index in [1.165, 1.54) is 12.5 Å². The van der Waals surface area contributed by atoms with E-state index >= 15 is 0 Å². The summed E-state index contributed by atoms with van der Waals surface area (Å²) < 4.78 is 10.7. The molecule has 0 aliphatic carbocycles. The van der Waals surface area contributed by atoms with Crippen molar-refractivity contribution in [3.8, 4) is 5.75 Å². The number of furan rings is 1. The van der Waals surface area contributed by atoms with Crippen LogP contribution in [0.3, 0.4) is 0 Å². The average molecular weight is 370 g/mol. The van der Waals surface area contributed by atoms with Crippen LogP contribution in [0.2, 0.25) is 0 Å². The summed E-state index contributed by atoms with van der Waals surface area (Å²) in [6.07, 6.45) is 5.31. The Hall–Kier alpha value is -2.76. The van der Waals surface area contributed by atoms with Gasteiger partial charge in [0.15, 0.2) is 0 Å². The molecule has 0 bridgehead atoms. The van der Waals surface area contributed by atoms with E-state index in [2.05, 4.69) is 5.32 Å². The first-order chi connectivity index (χ1) is 13.1. The van der Waals surface area contributed by atoms with Crippen molar-refractivity contribution in [1.82, 2.24) is 10.2 Å². The number of ether oxygens (including phenoxy) is 1. The van der Waals surface area contributed by atoms with Crippen molar-refractivity contribution in [3.05, 3.63) is 54.0 Å². The number of hydrogen-bond acceptors (Lipinski definition) is 4. The van der Waals surface area contributed by atoms with E-state index in [1.807, 2.05) is 31.2 Å². The number of carbonyl (C=O) groups excluding carboxylic acids is 2. The second kappa shape index (κ2) is 9.26. The molecule has 0 saturated carbocycles. The highest BCUT2D eigenvalue weighted by Crippen LogP contribution is 2.19. The Balaban J connectivity index is 1.38. The second-order valence-corrected chi connectivity index (χ2v) is 6.91. The van der Waals surface area contributed by atoms with Crippen LogP contribution in [-0.2, 0) is 4.79 Å². The minimum absolute atomic E-state index is 0.00949. The molecule has 2 heterocycles. The van der Waals surface area contributed by atoms with Crippen LogP contribution in [0.5, 0.6) is 5.75 Å². The van der Waals surface area contributed by atoms with Gasteiger partial charge in [-0.15, -0.1) is 0 Å². The largest absolute Gasteiger partial charge is 0.494 e. The highest BCUT2D eigenvalue weighted by Gasteiger charge is 2.29. The van der Waals surface area contributed by atoms with Crippen LogP contribution >= 0.6 is 0 Å². The summed E-state index contributed by atoms with van der Waals surface area (Å²) in [4.78, 5) is 26.6. The maximum absolute atomic E-state index is 12.4. The zero-order valence-electron chi connectivity index (χ0n) is 15.6. The van der Waals surface area contributed by atoms with Crippen LogP contribution in [0.25, 0.3) is 0 Å². The third-order valence-electron chi connectivity index (χ3n) is 4.73. The molecule has 1 aliphatic rings. The molecule has 1 aliphatic heterocycles. The normalized spacial score (nSPS) is 16.8. The van der Waals surface area contributed by atoms with Gasteiger partial charge < -0.3 is 19.4 Å². The molecule has 1 unspecified atom stereocenters. The van der Waals surface area contributed by atoms with Crippen LogP contribution in [0.4, 0.5) is 0 Å². The fraction of sp³-hybridized carbons (Fsp3) is 0.429. The Morgan fingerprint density at radius 3 is 3.00 bits per heavy atom. The molecule has 2 amide bonds. The van der Waals surface area contributed by atoms with E-state index in [0.717, 1.165) is 30.6 Å². The number of benzene rings is 1. The lowest BCUT2D eigenvalue weighted by molar-refractivity contribution is -0.126. The molecule has 27 heavy (non-hydrogen) atoms. The van der Waals surface area contributed by atoms with E-state index in [-0.39, 0.29) is 17.7 Å². The fourth-order valence-corrected chi connectivity index (χ4v) is 3.27. The Bertz CT molecular complexity index is 757. The molecule has 6 nitrogen and oxygen atoms in total. The highest BCUT2D eigenvalue weighted by molar-refractivity contribution is 5.94. The molecule has 1 aromatic carbocycles. The lowest BCUT2D eigenvalue weighted by atomic mass is 9.96. The topological polar surface area (TPSA) is 71.8 Å². The summed E-state index contributed by atoms with van der Waals surface area (Å²) in [5.41, 5.74) is 1.69. The van der Waals surface area contributed by atoms with Gasteiger partial charge in [0.2, 0.25) is 5.91 Å². The number of amides is 2. The number of carbonyl (C=O) groups is 2. The lowest BCUT2D eigenvalue weighted by Crippen LogP contribution is -2.45. The van der Waals surface area contributed by atoms with Crippen molar-refractivity contribution in [1.29, 1.82) is 0 Å². The van der Waals surface area contributed by atoms with Gasteiger partial charge in [-0.3, -0.25) is 9.59 Å². The molecule has 144 valence electrons. The summed E-state index contributed by atoms with van der Waals surface area (Å²) in [6.45, 7) is 4.28. The van der Waals surface area contributed by atoms with E-state index in [9.17, 15) is 9.59 Å². The first-order valence-corrected chi connectivity index (χ1v) is 9.42. The zero-order valence-corrected chi connectivity index (χ0v) is 15.6. The predicted octanol–water partition coefficient (Wildman–Crippen LogP) is 3.03. The van der Waals surface area contributed by atoms with Crippen molar-refractivity contribution in [2.24, 2.45) is 5.92 Å². The van der Waals surface area contributed by atoms with Crippen molar-refractivity contribution >= 4 is 11.8 Å². The van der Waals surface area contributed by atoms with Gasteiger partial charge in [0.25, 0.3) is 5.91 Å². The van der Waals surface area contributed by atoms with Gasteiger partial charge in [0.1, 0.15) is 12.0 Å². The molecule has 1 N–H and O–H groups in total. The van der Waals surface area contributed by atoms with Gasteiger partial charge in [-0.25, -0.2) is 0 Å². The quantitative estimate of drug-likeness (QED) is 0.761. The van der Waals surface area contributed by atoms with Crippen LogP contribution in [0.1, 0.15) is 35.2 Å². The summed E-state index contributed by atoms with van der Waals surface area (Å²) in [7, 11) is 0. The number of aryl methyl sites for hydroxylation is 1. The van der Waals surface area contributed by atoms with E-state index in [0.29, 0.717) is 31.8 Å². The number of likely N-dealkylation sites (tertiary alicyclic amines) is 1. The van der Waals surface area contributed by atoms with Gasteiger partial charge in [0, 0.05) is 19.6 Å². The highest BCUT2D eigenvalue weighted by atomic mass is 16.5.